The van der Waals surface area contributed by atoms with Crippen LogP contribution in [-0.4, -0.2) is 18.2 Å². The van der Waals surface area contributed by atoms with Gasteiger partial charge in [0.05, 0.1) is 12.6 Å². The van der Waals surface area contributed by atoms with E-state index in [2.05, 4.69) is 23.7 Å². The molecular formula is C15H20N2O. The van der Waals surface area contributed by atoms with E-state index in [-0.39, 0.29) is 0 Å². The van der Waals surface area contributed by atoms with Gasteiger partial charge in [0.2, 0.25) is 0 Å². The summed E-state index contributed by atoms with van der Waals surface area (Å²) in [5.74, 6) is 1.60. The summed E-state index contributed by atoms with van der Waals surface area (Å²) in [6, 6.07) is 6.32. The molecule has 0 bridgehead atoms. The number of nitrogens with two attached hydrogens (primary N) is 1. The fourth-order valence-corrected chi connectivity index (χ4v) is 3.25. The zero-order valence-corrected chi connectivity index (χ0v) is 11.1. The number of benzene rings is 1. The highest BCUT2D eigenvalue weighted by atomic mass is 16.5. The number of para-hydroxylation sites is 1. The molecule has 3 rings (SSSR count). The fraction of sp³-hybridized carbons (Fsp3) is 0.467. The van der Waals surface area contributed by atoms with Crippen molar-refractivity contribution in [3.05, 3.63) is 29.5 Å². The Morgan fingerprint density at radius 2 is 2.28 bits per heavy atom. The van der Waals surface area contributed by atoms with Gasteiger partial charge in [-0.2, -0.15) is 0 Å². The quantitative estimate of drug-likeness (QED) is 0.880. The summed E-state index contributed by atoms with van der Waals surface area (Å²) in [7, 11) is 3.88. The molecule has 0 aliphatic heterocycles. The van der Waals surface area contributed by atoms with Crippen LogP contribution in [0.25, 0.3) is 10.9 Å². The lowest BCUT2D eigenvalue weighted by Gasteiger charge is -2.21. The molecule has 2 N–H and O–H groups in total. The SMILES string of the molecule is COc1cccc2c3c(n(C)c12)CCC(CN)C3. The van der Waals surface area contributed by atoms with E-state index in [0.29, 0.717) is 5.92 Å². The minimum Gasteiger partial charge on any atom is -0.495 e. The number of aryl methyl sites for hydroxylation is 1. The molecule has 1 unspecified atom stereocenters. The molecule has 3 heteroatoms. The van der Waals surface area contributed by atoms with E-state index in [4.69, 9.17) is 10.5 Å². The van der Waals surface area contributed by atoms with Gasteiger partial charge in [0.15, 0.2) is 0 Å². The Bertz CT molecular complexity index is 586. The largest absolute Gasteiger partial charge is 0.495 e. The molecule has 1 aromatic heterocycles. The Morgan fingerprint density at radius 3 is 3.00 bits per heavy atom. The maximum Gasteiger partial charge on any atom is 0.143 e. The molecule has 3 nitrogen and oxygen atoms in total. The molecule has 0 spiro atoms. The topological polar surface area (TPSA) is 40.2 Å². The molecule has 0 radical (unpaired) electrons. The normalized spacial score (nSPS) is 18.9. The average Bonchev–Trinajstić information content (AvgIpc) is 2.72. The highest BCUT2D eigenvalue weighted by Crippen LogP contribution is 2.37. The van der Waals surface area contributed by atoms with Crippen LogP contribution >= 0.6 is 0 Å². The summed E-state index contributed by atoms with van der Waals surface area (Å²) < 4.78 is 7.80. The maximum absolute atomic E-state index is 5.84. The van der Waals surface area contributed by atoms with E-state index in [1.165, 1.54) is 28.6 Å². The van der Waals surface area contributed by atoms with Crippen molar-refractivity contribution in [3.63, 3.8) is 0 Å². The van der Waals surface area contributed by atoms with Crippen LogP contribution < -0.4 is 10.5 Å². The fourth-order valence-electron chi connectivity index (χ4n) is 3.25. The summed E-state index contributed by atoms with van der Waals surface area (Å²) in [4.78, 5) is 0. The molecular weight excluding hydrogens is 224 g/mol. The third-order valence-corrected chi connectivity index (χ3v) is 4.25. The molecule has 0 amide bonds. The molecule has 1 heterocycles. The third kappa shape index (κ3) is 1.54. The summed E-state index contributed by atoms with van der Waals surface area (Å²) in [5, 5.41) is 1.34. The standard InChI is InChI=1S/C15H20N2O/c1-17-13-7-6-10(9-16)8-12(13)11-4-3-5-14(18-2)15(11)17/h3-5,10H,6-9,16H2,1-2H3. The first kappa shape index (κ1) is 11.6. The molecule has 0 saturated heterocycles. The second-order valence-corrected chi connectivity index (χ2v) is 5.19. The van der Waals surface area contributed by atoms with Crippen molar-refractivity contribution in [1.29, 1.82) is 0 Å². The monoisotopic (exact) mass is 244 g/mol. The highest BCUT2D eigenvalue weighted by molar-refractivity contribution is 5.90. The van der Waals surface area contributed by atoms with Gasteiger partial charge in [0.1, 0.15) is 5.75 Å². The molecule has 18 heavy (non-hydrogen) atoms. The number of ether oxygens (including phenoxy) is 1. The summed E-state index contributed by atoms with van der Waals surface area (Å²) in [5.41, 5.74) is 10.00. The molecule has 96 valence electrons. The first-order valence-corrected chi connectivity index (χ1v) is 6.59. The zero-order valence-electron chi connectivity index (χ0n) is 11.1. The first-order valence-electron chi connectivity index (χ1n) is 6.59. The van der Waals surface area contributed by atoms with Gasteiger partial charge < -0.3 is 15.0 Å². The lowest BCUT2D eigenvalue weighted by molar-refractivity contribution is 0.417. The summed E-state index contributed by atoms with van der Waals surface area (Å²) >= 11 is 0. The van der Waals surface area contributed by atoms with E-state index in [0.717, 1.165) is 25.1 Å². The van der Waals surface area contributed by atoms with Gasteiger partial charge in [-0.1, -0.05) is 12.1 Å². The third-order valence-electron chi connectivity index (χ3n) is 4.25. The Balaban J connectivity index is 2.24. The number of methoxy groups -OCH3 is 1. The predicted molar refractivity (Wildman–Crippen MR) is 74.0 cm³/mol. The van der Waals surface area contributed by atoms with Crippen LogP contribution in [0.15, 0.2) is 18.2 Å². The Hall–Kier alpha value is -1.48. The van der Waals surface area contributed by atoms with Crippen molar-refractivity contribution in [2.75, 3.05) is 13.7 Å². The molecule has 1 aliphatic carbocycles. The van der Waals surface area contributed by atoms with Crippen molar-refractivity contribution < 1.29 is 4.74 Å². The van der Waals surface area contributed by atoms with Gasteiger partial charge >= 0.3 is 0 Å². The van der Waals surface area contributed by atoms with Crippen molar-refractivity contribution in [2.45, 2.75) is 19.3 Å². The molecule has 0 fully saturated rings. The van der Waals surface area contributed by atoms with Crippen LogP contribution in [0.5, 0.6) is 5.75 Å². The molecule has 1 aromatic carbocycles. The van der Waals surface area contributed by atoms with Gasteiger partial charge in [-0.3, -0.25) is 0 Å². The average molecular weight is 244 g/mol. The van der Waals surface area contributed by atoms with Gasteiger partial charge in [-0.05, 0) is 43.4 Å². The van der Waals surface area contributed by atoms with Gasteiger partial charge in [-0.25, -0.2) is 0 Å². The molecule has 2 aromatic rings. The van der Waals surface area contributed by atoms with Crippen LogP contribution in [0, 0.1) is 5.92 Å². The van der Waals surface area contributed by atoms with E-state index in [9.17, 15) is 0 Å². The van der Waals surface area contributed by atoms with Crippen LogP contribution in [0.4, 0.5) is 0 Å². The van der Waals surface area contributed by atoms with Crippen molar-refractivity contribution >= 4 is 10.9 Å². The molecule has 1 atom stereocenters. The van der Waals surface area contributed by atoms with Crippen LogP contribution in [-0.2, 0) is 19.9 Å². The van der Waals surface area contributed by atoms with Crippen molar-refractivity contribution in [1.82, 2.24) is 4.57 Å². The van der Waals surface area contributed by atoms with E-state index < -0.39 is 0 Å². The molecule has 1 aliphatic rings. The number of fused-ring (bicyclic) bond motifs is 3. The number of hydrogen-bond acceptors (Lipinski definition) is 2. The number of hydrogen-bond donors (Lipinski definition) is 1. The zero-order chi connectivity index (χ0) is 12.7. The smallest absolute Gasteiger partial charge is 0.143 e. The van der Waals surface area contributed by atoms with Gasteiger partial charge in [0.25, 0.3) is 0 Å². The molecule has 0 saturated carbocycles. The minimum absolute atomic E-state index is 0.634. The van der Waals surface area contributed by atoms with Crippen LogP contribution in [0.1, 0.15) is 17.7 Å². The summed E-state index contributed by atoms with van der Waals surface area (Å²) in [6.07, 6.45) is 3.44. The predicted octanol–water partition coefficient (Wildman–Crippen LogP) is 2.25. The Labute approximate surface area is 108 Å². The van der Waals surface area contributed by atoms with Crippen LogP contribution in [0.2, 0.25) is 0 Å². The second kappa shape index (κ2) is 4.32. The van der Waals surface area contributed by atoms with Crippen molar-refractivity contribution in [3.8, 4) is 5.75 Å². The number of rotatable bonds is 2. The number of nitrogens with zero attached hydrogens (tertiary/aromatic N) is 1. The minimum atomic E-state index is 0.634. The van der Waals surface area contributed by atoms with Crippen LogP contribution in [0.3, 0.4) is 0 Å². The summed E-state index contributed by atoms with van der Waals surface area (Å²) in [6.45, 7) is 0.791. The lowest BCUT2D eigenvalue weighted by Crippen LogP contribution is -2.22. The Kier molecular flexibility index (Phi) is 2.78. The number of aromatic nitrogens is 1. The second-order valence-electron chi connectivity index (χ2n) is 5.19. The van der Waals surface area contributed by atoms with Gasteiger partial charge in [0, 0.05) is 18.1 Å². The van der Waals surface area contributed by atoms with Crippen molar-refractivity contribution in [2.24, 2.45) is 18.7 Å². The van der Waals surface area contributed by atoms with E-state index in [1.54, 1.807) is 7.11 Å². The Morgan fingerprint density at radius 1 is 1.44 bits per heavy atom. The van der Waals surface area contributed by atoms with E-state index in [1.807, 2.05) is 6.07 Å². The first-order chi connectivity index (χ1) is 8.76. The van der Waals surface area contributed by atoms with Gasteiger partial charge in [-0.15, -0.1) is 0 Å². The maximum atomic E-state index is 5.84. The lowest BCUT2D eigenvalue weighted by atomic mass is 9.86. The highest BCUT2D eigenvalue weighted by Gasteiger charge is 2.24. The van der Waals surface area contributed by atoms with E-state index >= 15 is 0 Å².